The van der Waals surface area contributed by atoms with Crippen molar-refractivity contribution in [2.75, 3.05) is 7.05 Å². The number of carbonyl (C=O) groups excluding carboxylic acids is 3. The summed E-state index contributed by atoms with van der Waals surface area (Å²) in [5.74, 6) is -1.14. The molecule has 0 aromatic heterocycles. The summed E-state index contributed by atoms with van der Waals surface area (Å²) in [6.45, 7) is 12.8. The van der Waals surface area contributed by atoms with Crippen LogP contribution in [0.4, 0.5) is 0 Å². The van der Waals surface area contributed by atoms with Gasteiger partial charge in [-0.25, -0.2) is 0 Å². The summed E-state index contributed by atoms with van der Waals surface area (Å²) >= 11 is 1.57. The molecular weight excluding hydrogens is 426 g/mol. The number of allylic oxidation sites excluding steroid dienone is 1. The maximum Gasteiger partial charge on any atom is 0.251 e. The Kier molecular flexibility index (Phi) is 11.0. The Morgan fingerprint density at radius 1 is 1.16 bits per heavy atom. The van der Waals surface area contributed by atoms with Crippen LogP contribution in [0.15, 0.2) is 42.6 Å². The maximum absolute atomic E-state index is 13.2. The lowest BCUT2D eigenvalue weighted by atomic mass is 9.91. The highest BCUT2D eigenvalue weighted by molar-refractivity contribution is 7.99. The lowest BCUT2D eigenvalue weighted by Gasteiger charge is -2.34. The van der Waals surface area contributed by atoms with Crippen molar-refractivity contribution in [2.45, 2.75) is 64.0 Å². The van der Waals surface area contributed by atoms with Crippen LogP contribution in [0.5, 0.6) is 0 Å². The third-order valence-electron chi connectivity index (χ3n) is 5.09. The zero-order valence-electron chi connectivity index (χ0n) is 20.0. The number of benzene rings is 1. The molecule has 32 heavy (non-hydrogen) atoms. The molecule has 0 saturated heterocycles. The zero-order valence-corrected chi connectivity index (χ0v) is 20.8. The molecule has 0 aliphatic heterocycles. The van der Waals surface area contributed by atoms with Crippen LogP contribution in [-0.2, 0) is 20.1 Å². The highest BCUT2D eigenvalue weighted by Gasteiger charge is 2.38. The first kappa shape index (κ1) is 27.7. The van der Waals surface area contributed by atoms with Gasteiger partial charge in [0.05, 0.1) is 0 Å². The van der Waals surface area contributed by atoms with Crippen LogP contribution >= 0.6 is 11.8 Å². The summed E-state index contributed by atoms with van der Waals surface area (Å²) in [6, 6.07) is 9.11. The molecule has 1 rings (SSSR count). The first-order valence-electron chi connectivity index (χ1n) is 10.8. The quantitative estimate of drug-likeness (QED) is 0.324. The van der Waals surface area contributed by atoms with Crippen LogP contribution in [0.2, 0.25) is 0 Å². The molecular formula is C24H37N3O4S. The van der Waals surface area contributed by atoms with Crippen molar-refractivity contribution < 1.29 is 19.6 Å². The second-order valence-electron chi connectivity index (χ2n) is 8.90. The molecule has 3 N–H and O–H groups in total. The number of nitrogens with one attached hydrogen (secondary N) is 2. The van der Waals surface area contributed by atoms with E-state index in [4.69, 9.17) is 0 Å². The van der Waals surface area contributed by atoms with Gasteiger partial charge < -0.3 is 10.6 Å². The largest absolute Gasteiger partial charge is 0.357 e. The molecule has 0 heterocycles. The number of nitrogens with zero attached hydrogens (tertiary/aromatic N) is 1. The zero-order chi connectivity index (χ0) is 24.5. The number of hydrogen-bond donors (Lipinski definition) is 3. The minimum absolute atomic E-state index is 0.148. The van der Waals surface area contributed by atoms with Gasteiger partial charge in [-0.15, -0.1) is 11.8 Å². The van der Waals surface area contributed by atoms with Gasteiger partial charge in [0, 0.05) is 35.6 Å². The summed E-state index contributed by atoms with van der Waals surface area (Å²) in [5, 5.41) is 15.8. The van der Waals surface area contributed by atoms with E-state index in [0.717, 1.165) is 5.56 Å². The number of hydrogen-bond acceptors (Lipinski definition) is 5. The van der Waals surface area contributed by atoms with Crippen molar-refractivity contribution in [3.8, 4) is 0 Å². The fourth-order valence-corrected chi connectivity index (χ4v) is 4.31. The number of rotatable bonds is 12. The average molecular weight is 464 g/mol. The van der Waals surface area contributed by atoms with Gasteiger partial charge in [0.15, 0.2) is 0 Å². The predicted octanol–water partition coefficient (Wildman–Crippen LogP) is 3.73. The van der Waals surface area contributed by atoms with Crippen LogP contribution in [0.1, 0.15) is 53.0 Å². The molecule has 0 aliphatic rings. The van der Waals surface area contributed by atoms with Gasteiger partial charge in [0.25, 0.3) is 5.91 Å². The average Bonchev–Trinajstić information content (AvgIpc) is 2.74. The number of hydroxylamine groups is 2. The summed E-state index contributed by atoms with van der Waals surface area (Å²) in [7, 11) is 1.53. The maximum atomic E-state index is 13.2. The summed E-state index contributed by atoms with van der Waals surface area (Å²) in [5.41, 5.74) is 1.30. The van der Waals surface area contributed by atoms with E-state index in [1.807, 2.05) is 58.0 Å². The SMILES string of the molecule is C=C(C)N(O)C(=O)C[C@@H](CC(C)C)C(=O)NC(C(=O)NC)C(C)(C)SCc1ccccc1. The Bertz CT molecular complexity index is 796. The van der Waals surface area contributed by atoms with Gasteiger partial charge >= 0.3 is 0 Å². The summed E-state index contributed by atoms with van der Waals surface area (Å²) < 4.78 is -0.612. The van der Waals surface area contributed by atoms with Crippen molar-refractivity contribution in [1.29, 1.82) is 0 Å². The Morgan fingerprint density at radius 3 is 2.25 bits per heavy atom. The molecule has 8 heteroatoms. The van der Waals surface area contributed by atoms with Crippen molar-refractivity contribution in [3.63, 3.8) is 0 Å². The normalized spacial score (nSPS) is 13.2. The fourth-order valence-electron chi connectivity index (χ4n) is 3.25. The predicted molar refractivity (Wildman–Crippen MR) is 129 cm³/mol. The van der Waals surface area contributed by atoms with Gasteiger partial charge in [0.1, 0.15) is 6.04 Å². The third-order valence-corrected chi connectivity index (χ3v) is 6.55. The van der Waals surface area contributed by atoms with E-state index in [-0.39, 0.29) is 29.9 Å². The highest BCUT2D eigenvalue weighted by atomic mass is 32.2. The van der Waals surface area contributed by atoms with Gasteiger partial charge in [-0.1, -0.05) is 50.8 Å². The van der Waals surface area contributed by atoms with Crippen LogP contribution < -0.4 is 10.6 Å². The molecule has 0 spiro atoms. The number of amides is 3. The van der Waals surface area contributed by atoms with E-state index < -0.39 is 22.6 Å². The third kappa shape index (κ3) is 8.67. The lowest BCUT2D eigenvalue weighted by molar-refractivity contribution is -0.159. The van der Waals surface area contributed by atoms with Gasteiger partial charge in [-0.05, 0) is 38.7 Å². The summed E-state index contributed by atoms with van der Waals surface area (Å²) in [4.78, 5) is 38.3. The monoisotopic (exact) mass is 463 g/mol. The van der Waals surface area contributed by atoms with E-state index in [9.17, 15) is 19.6 Å². The Labute approximate surface area is 196 Å². The van der Waals surface area contributed by atoms with Gasteiger partial charge in [-0.3, -0.25) is 19.6 Å². The lowest BCUT2D eigenvalue weighted by Crippen LogP contribution is -2.57. The van der Waals surface area contributed by atoms with Crippen molar-refractivity contribution in [2.24, 2.45) is 11.8 Å². The van der Waals surface area contributed by atoms with Gasteiger partial charge in [-0.2, -0.15) is 5.06 Å². The van der Waals surface area contributed by atoms with E-state index >= 15 is 0 Å². The molecule has 178 valence electrons. The number of thioether (sulfide) groups is 1. The number of likely N-dealkylation sites (N-methyl/N-ethyl adjacent to an activating group) is 1. The topological polar surface area (TPSA) is 98.7 Å². The smallest absolute Gasteiger partial charge is 0.251 e. The van der Waals surface area contributed by atoms with Crippen molar-refractivity contribution in [1.82, 2.24) is 15.7 Å². The first-order chi connectivity index (χ1) is 14.9. The van der Waals surface area contributed by atoms with Crippen LogP contribution in [0.25, 0.3) is 0 Å². The van der Waals surface area contributed by atoms with Crippen LogP contribution in [0.3, 0.4) is 0 Å². The second kappa shape index (κ2) is 12.6. The van der Waals surface area contributed by atoms with Crippen LogP contribution in [-0.4, -0.2) is 45.8 Å². The molecule has 1 unspecified atom stereocenters. The molecule has 0 aliphatic carbocycles. The van der Waals surface area contributed by atoms with Gasteiger partial charge in [0.2, 0.25) is 11.8 Å². The fraction of sp³-hybridized carbons (Fsp3) is 0.542. The second-order valence-corrected chi connectivity index (χ2v) is 10.5. The van der Waals surface area contributed by atoms with E-state index in [0.29, 0.717) is 17.2 Å². The molecule has 0 radical (unpaired) electrons. The molecule has 0 fully saturated rings. The van der Waals surface area contributed by atoms with E-state index in [1.165, 1.54) is 14.0 Å². The Balaban J connectivity index is 3.01. The molecule has 2 atom stereocenters. The number of carbonyl (C=O) groups is 3. The first-order valence-corrected chi connectivity index (χ1v) is 11.7. The highest BCUT2D eigenvalue weighted by Crippen LogP contribution is 2.32. The molecule has 1 aromatic rings. The van der Waals surface area contributed by atoms with Crippen LogP contribution in [0, 0.1) is 11.8 Å². The molecule has 0 saturated carbocycles. The Hall–Kier alpha value is -2.32. The molecule has 1 aromatic carbocycles. The van der Waals surface area contributed by atoms with E-state index in [2.05, 4.69) is 17.2 Å². The summed E-state index contributed by atoms with van der Waals surface area (Å²) in [6.07, 6.45) is 0.269. The Morgan fingerprint density at radius 2 is 1.75 bits per heavy atom. The minimum Gasteiger partial charge on any atom is -0.357 e. The molecule has 3 amide bonds. The minimum atomic E-state index is -0.801. The molecule has 7 nitrogen and oxygen atoms in total. The standard InChI is InChI=1S/C24H37N3O4S/c1-16(2)13-19(14-20(28)27(31)17(3)4)22(29)26-21(23(30)25-7)24(5,6)32-15-18-11-9-8-10-12-18/h8-12,16,19,21,31H,3,13-15H2,1-2,4-7H3,(H,25,30)(H,26,29)/t19-,21?/m1/s1. The van der Waals surface area contributed by atoms with Crippen molar-refractivity contribution >= 4 is 29.5 Å². The van der Waals surface area contributed by atoms with Crippen molar-refractivity contribution in [3.05, 3.63) is 48.2 Å². The van der Waals surface area contributed by atoms with E-state index in [1.54, 1.807) is 11.8 Å². The molecule has 0 bridgehead atoms.